The summed E-state index contributed by atoms with van der Waals surface area (Å²) in [7, 11) is 0. The number of cyclic esters (lactones) is 1. The Morgan fingerprint density at radius 1 is 1.33 bits per heavy atom. The number of carboxylic acids is 1. The summed E-state index contributed by atoms with van der Waals surface area (Å²) < 4.78 is 5.11. The fraction of sp³-hybridized carbons (Fsp3) is 0.800. The number of allylic oxidation sites excluding steroid dienone is 1. The summed E-state index contributed by atoms with van der Waals surface area (Å²) in [5.41, 5.74) is 0.476. The molecule has 1 saturated carbocycles. The monoisotopic (exact) mass is 334 g/mol. The molecule has 2 aliphatic carbocycles. The van der Waals surface area contributed by atoms with E-state index >= 15 is 0 Å². The summed E-state index contributed by atoms with van der Waals surface area (Å²) in [6.07, 6.45) is 8.58. The van der Waals surface area contributed by atoms with Crippen molar-refractivity contribution in [2.45, 2.75) is 65.7 Å². The average Bonchev–Trinajstić information content (AvgIpc) is 2.94. The van der Waals surface area contributed by atoms with Crippen LogP contribution in [0.15, 0.2) is 11.6 Å². The quantitative estimate of drug-likeness (QED) is 0.783. The number of ether oxygens (including phenoxy) is 1. The maximum Gasteiger partial charge on any atom is 0.331 e. The lowest BCUT2D eigenvalue weighted by Gasteiger charge is -2.57. The summed E-state index contributed by atoms with van der Waals surface area (Å²) in [6.45, 7) is 7.36. The van der Waals surface area contributed by atoms with Crippen LogP contribution in [-0.2, 0) is 14.3 Å². The Balaban J connectivity index is 1.84. The lowest BCUT2D eigenvalue weighted by Crippen LogP contribution is -2.51. The van der Waals surface area contributed by atoms with E-state index in [0.29, 0.717) is 24.0 Å². The molecule has 1 N–H and O–H groups in total. The Morgan fingerprint density at radius 3 is 2.71 bits per heavy atom. The molecule has 0 unspecified atom stereocenters. The molecule has 0 bridgehead atoms. The van der Waals surface area contributed by atoms with Crippen molar-refractivity contribution in [1.82, 2.24) is 0 Å². The Labute approximate surface area is 144 Å². The first kappa shape index (κ1) is 17.5. The number of fused-ring (bicyclic) bond motifs is 1. The standard InChI is InChI=1S/C20H30O4/c1-13-7-10-20(3)15(17(21)22)5-4-6-16(20)19(13,2)11-8-14-9-12-24-18(14)23/h5,13-14,16H,4,6-12H2,1-3H3,(H,21,22)/t13-,14+,16-,19+,20+/m1/s1. The summed E-state index contributed by atoms with van der Waals surface area (Å²) in [6, 6.07) is 0. The average molecular weight is 334 g/mol. The van der Waals surface area contributed by atoms with E-state index in [0.717, 1.165) is 44.9 Å². The molecule has 3 rings (SSSR count). The highest BCUT2D eigenvalue weighted by Crippen LogP contribution is 2.62. The number of hydrogen-bond donors (Lipinski definition) is 1. The molecule has 1 saturated heterocycles. The number of carboxylic acid groups (broad SMARTS) is 1. The molecule has 5 atom stereocenters. The van der Waals surface area contributed by atoms with Gasteiger partial charge in [-0.15, -0.1) is 0 Å². The number of carbonyl (C=O) groups is 2. The molecule has 1 heterocycles. The third-order valence-corrected chi connectivity index (χ3v) is 7.51. The van der Waals surface area contributed by atoms with Crippen molar-refractivity contribution < 1.29 is 19.4 Å². The predicted molar refractivity (Wildman–Crippen MR) is 91.4 cm³/mol. The molecule has 134 valence electrons. The highest BCUT2D eigenvalue weighted by Gasteiger charge is 2.55. The molecule has 24 heavy (non-hydrogen) atoms. The number of esters is 1. The molecule has 0 aromatic heterocycles. The fourth-order valence-corrected chi connectivity index (χ4v) is 5.73. The summed E-state index contributed by atoms with van der Waals surface area (Å²) in [5.74, 6) is 0.182. The molecule has 4 heteroatoms. The third kappa shape index (κ3) is 2.68. The van der Waals surface area contributed by atoms with Crippen molar-refractivity contribution in [2.24, 2.45) is 28.6 Å². The molecular weight excluding hydrogens is 304 g/mol. The first-order chi connectivity index (χ1) is 11.3. The highest BCUT2D eigenvalue weighted by atomic mass is 16.5. The van der Waals surface area contributed by atoms with Crippen LogP contribution < -0.4 is 0 Å². The van der Waals surface area contributed by atoms with Gasteiger partial charge < -0.3 is 9.84 Å². The van der Waals surface area contributed by atoms with Gasteiger partial charge in [0.05, 0.1) is 12.5 Å². The van der Waals surface area contributed by atoms with Gasteiger partial charge in [-0.3, -0.25) is 4.79 Å². The van der Waals surface area contributed by atoms with E-state index in [-0.39, 0.29) is 22.7 Å². The van der Waals surface area contributed by atoms with Gasteiger partial charge in [-0.2, -0.15) is 0 Å². The topological polar surface area (TPSA) is 63.6 Å². The van der Waals surface area contributed by atoms with Gasteiger partial charge in [0, 0.05) is 11.0 Å². The minimum Gasteiger partial charge on any atom is -0.478 e. The maximum absolute atomic E-state index is 11.8. The van der Waals surface area contributed by atoms with Crippen LogP contribution in [-0.4, -0.2) is 23.7 Å². The van der Waals surface area contributed by atoms with Gasteiger partial charge in [-0.1, -0.05) is 26.8 Å². The summed E-state index contributed by atoms with van der Waals surface area (Å²) >= 11 is 0. The normalized spacial score (nSPS) is 42.2. The summed E-state index contributed by atoms with van der Waals surface area (Å²) in [4.78, 5) is 23.6. The molecule has 0 radical (unpaired) electrons. The second kappa shape index (κ2) is 6.20. The van der Waals surface area contributed by atoms with Crippen LogP contribution in [0.2, 0.25) is 0 Å². The van der Waals surface area contributed by atoms with Crippen LogP contribution >= 0.6 is 0 Å². The Kier molecular flexibility index (Phi) is 4.52. The zero-order chi connectivity index (χ0) is 17.5. The van der Waals surface area contributed by atoms with E-state index in [9.17, 15) is 14.7 Å². The summed E-state index contributed by atoms with van der Waals surface area (Å²) in [5, 5.41) is 9.69. The van der Waals surface area contributed by atoms with Crippen molar-refractivity contribution in [2.75, 3.05) is 6.61 Å². The van der Waals surface area contributed by atoms with Gasteiger partial charge >= 0.3 is 11.9 Å². The van der Waals surface area contributed by atoms with Gasteiger partial charge in [-0.05, 0) is 62.2 Å². The van der Waals surface area contributed by atoms with Gasteiger partial charge in [-0.25, -0.2) is 4.79 Å². The Hall–Kier alpha value is -1.32. The SMILES string of the molecule is C[C@@H]1CC[C@@]2(C)C(C(=O)O)=CCC[C@@H]2[C@@]1(C)CC[C@H]1CCOC1=O. The Morgan fingerprint density at radius 2 is 2.08 bits per heavy atom. The van der Waals surface area contributed by atoms with E-state index < -0.39 is 5.97 Å². The molecular formula is C20H30O4. The third-order valence-electron chi connectivity index (χ3n) is 7.51. The minimum absolute atomic E-state index is 0.0419. The molecule has 2 fully saturated rings. The van der Waals surface area contributed by atoms with E-state index in [1.54, 1.807) is 0 Å². The van der Waals surface area contributed by atoms with Crippen molar-refractivity contribution in [3.8, 4) is 0 Å². The van der Waals surface area contributed by atoms with Crippen LogP contribution in [0.25, 0.3) is 0 Å². The lowest BCUT2D eigenvalue weighted by atomic mass is 9.46. The van der Waals surface area contributed by atoms with Crippen LogP contribution in [0, 0.1) is 28.6 Å². The zero-order valence-corrected chi connectivity index (χ0v) is 15.1. The highest BCUT2D eigenvalue weighted by molar-refractivity contribution is 5.88. The molecule has 0 amide bonds. The second-order valence-corrected chi connectivity index (χ2v) is 8.61. The first-order valence-electron chi connectivity index (χ1n) is 9.39. The first-order valence-corrected chi connectivity index (χ1v) is 9.39. The van der Waals surface area contributed by atoms with Crippen LogP contribution in [0.3, 0.4) is 0 Å². The van der Waals surface area contributed by atoms with Crippen molar-refractivity contribution in [3.05, 3.63) is 11.6 Å². The molecule has 1 aliphatic heterocycles. The molecule has 0 aromatic carbocycles. The smallest absolute Gasteiger partial charge is 0.331 e. The molecule has 0 spiro atoms. The predicted octanol–water partition coefficient (Wildman–Crippen LogP) is 4.19. The largest absolute Gasteiger partial charge is 0.478 e. The lowest BCUT2D eigenvalue weighted by molar-refractivity contribution is -0.141. The van der Waals surface area contributed by atoms with Crippen LogP contribution in [0.5, 0.6) is 0 Å². The van der Waals surface area contributed by atoms with E-state index in [1.807, 2.05) is 6.08 Å². The molecule has 3 aliphatic rings. The van der Waals surface area contributed by atoms with Crippen molar-refractivity contribution in [3.63, 3.8) is 0 Å². The maximum atomic E-state index is 11.8. The van der Waals surface area contributed by atoms with E-state index in [4.69, 9.17) is 4.74 Å². The number of aliphatic carboxylic acids is 1. The molecule has 0 aromatic rings. The van der Waals surface area contributed by atoms with Gasteiger partial charge in [0.1, 0.15) is 0 Å². The number of rotatable bonds is 4. The van der Waals surface area contributed by atoms with Crippen LogP contribution in [0.4, 0.5) is 0 Å². The zero-order valence-electron chi connectivity index (χ0n) is 15.1. The van der Waals surface area contributed by atoms with E-state index in [2.05, 4.69) is 20.8 Å². The van der Waals surface area contributed by atoms with E-state index in [1.165, 1.54) is 0 Å². The van der Waals surface area contributed by atoms with Gasteiger partial charge in [0.2, 0.25) is 0 Å². The Bertz CT molecular complexity index is 566. The van der Waals surface area contributed by atoms with Crippen molar-refractivity contribution in [1.29, 1.82) is 0 Å². The number of hydrogen-bond acceptors (Lipinski definition) is 3. The van der Waals surface area contributed by atoms with Gasteiger partial charge in [0.15, 0.2) is 0 Å². The van der Waals surface area contributed by atoms with Crippen molar-refractivity contribution >= 4 is 11.9 Å². The second-order valence-electron chi connectivity index (χ2n) is 8.61. The van der Waals surface area contributed by atoms with Crippen LogP contribution in [0.1, 0.15) is 65.7 Å². The molecule has 4 nitrogen and oxygen atoms in total. The number of carbonyl (C=O) groups excluding carboxylic acids is 1. The fourth-order valence-electron chi connectivity index (χ4n) is 5.73. The van der Waals surface area contributed by atoms with Gasteiger partial charge in [0.25, 0.3) is 0 Å². The minimum atomic E-state index is -0.751.